The number of piperidine rings is 1. The number of nitrogens with zero attached hydrogens (tertiary/aromatic N) is 5. The Hall–Kier alpha value is -3.16. The summed E-state index contributed by atoms with van der Waals surface area (Å²) < 4.78 is 1.75. The molecule has 1 fully saturated rings. The molecule has 0 atom stereocenters. The van der Waals surface area contributed by atoms with Crippen LogP contribution in [0.2, 0.25) is 0 Å². The minimum absolute atomic E-state index is 0.158. The summed E-state index contributed by atoms with van der Waals surface area (Å²) in [5, 5.41) is 6.92. The number of hydrogen-bond donors (Lipinski definition) is 2. The number of benzene rings is 1. The van der Waals surface area contributed by atoms with Gasteiger partial charge in [0.2, 0.25) is 0 Å². The molecule has 0 amide bonds. The lowest BCUT2D eigenvalue weighted by molar-refractivity contribution is 0.466. The molecule has 1 aromatic carbocycles. The SMILES string of the molecule is Nc1cc(N2CCC(c3n[nH]c(=O)n3Cc3ccccc3)CC2)ncn1. The predicted molar refractivity (Wildman–Crippen MR) is 99.0 cm³/mol. The highest BCUT2D eigenvalue weighted by atomic mass is 16.1. The second-order valence-corrected chi connectivity index (χ2v) is 6.52. The van der Waals surface area contributed by atoms with E-state index in [1.807, 2.05) is 30.3 Å². The Morgan fingerprint density at radius 3 is 2.65 bits per heavy atom. The van der Waals surface area contributed by atoms with E-state index in [1.54, 1.807) is 10.6 Å². The fourth-order valence-corrected chi connectivity index (χ4v) is 3.46. The third-order valence-electron chi connectivity index (χ3n) is 4.83. The van der Waals surface area contributed by atoms with Crippen molar-refractivity contribution in [2.24, 2.45) is 0 Å². The molecular weight excluding hydrogens is 330 g/mol. The van der Waals surface area contributed by atoms with Crippen molar-refractivity contribution in [1.29, 1.82) is 0 Å². The van der Waals surface area contributed by atoms with Gasteiger partial charge in [-0.05, 0) is 18.4 Å². The Balaban J connectivity index is 1.49. The quantitative estimate of drug-likeness (QED) is 0.735. The van der Waals surface area contributed by atoms with Crippen LogP contribution in [-0.2, 0) is 6.54 Å². The Bertz CT molecular complexity index is 926. The van der Waals surface area contributed by atoms with Crippen LogP contribution in [0.5, 0.6) is 0 Å². The summed E-state index contributed by atoms with van der Waals surface area (Å²) in [6.07, 6.45) is 3.30. The Morgan fingerprint density at radius 2 is 1.92 bits per heavy atom. The zero-order valence-corrected chi connectivity index (χ0v) is 14.4. The lowest BCUT2D eigenvalue weighted by Crippen LogP contribution is -2.35. The molecule has 1 saturated heterocycles. The standard InChI is InChI=1S/C18H21N7O/c19-15-10-16(21-12-20-15)24-8-6-14(7-9-24)17-22-23-18(26)25(17)11-13-4-2-1-3-5-13/h1-5,10,12,14H,6-9,11H2,(H,23,26)(H2,19,20,21). The molecule has 0 aliphatic carbocycles. The lowest BCUT2D eigenvalue weighted by Gasteiger charge is -2.32. The molecule has 8 heteroatoms. The Kier molecular flexibility index (Phi) is 4.39. The van der Waals surface area contributed by atoms with Crippen LogP contribution in [0.15, 0.2) is 47.5 Å². The molecule has 0 unspecified atom stereocenters. The van der Waals surface area contributed by atoms with Gasteiger partial charge in [0.1, 0.15) is 23.8 Å². The highest BCUT2D eigenvalue weighted by Crippen LogP contribution is 2.28. The first kappa shape index (κ1) is 16.3. The van der Waals surface area contributed by atoms with Crippen LogP contribution in [0.4, 0.5) is 11.6 Å². The number of aromatic amines is 1. The number of hydrogen-bond acceptors (Lipinski definition) is 6. The van der Waals surface area contributed by atoms with Crippen molar-refractivity contribution >= 4 is 11.6 Å². The Labute approximate surface area is 150 Å². The summed E-state index contributed by atoms with van der Waals surface area (Å²) in [6, 6.07) is 11.8. The maximum atomic E-state index is 12.2. The number of rotatable bonds is 4. The van der Waals surface area contributed by atoms with Gasteiger partial charge in [-0.3, -0.25) is 4.57 Å². The smallest absolute Gasteiger partial charge is 0.343 e. The topological polar surface area (TPSA) is 106 Å². The number of anilines is 2. The second-order valence-electron chi connectivity index (χ2n) is 6.52. The molecule has 0 radical (unpaired) electrons. The molecule has 4 rings (SSSR count). The molecular formula is C18H21N7O. The van der Waals surface area contributed by atoms with Crippen LogP contribution in [0.3, 0.4) is 0 Å². The third kappa shape index (κ3) is 3.30. The molecule has 2 aromatic heterocycles. The van der Waals surface area contributed by atoms with Crippen molar-refractivity contribution in [3.63, 3.8) is 0 Å². The van der Waals surface area contributed by atoms with Crippen LogP contribution in [0, 0.1) is 0 Å². The molecule has 8 nitrogen and oxygen atoms in total. The van der Waals surface area contributed by atoms with Crippen molar-refractivity contribution in [2.45, 2.75) is 25.3 Å². The molecule has 0 saturated carbocycles. The van der Waals surface area contributed by atoms with Crippen molar-refractivity contribution in [3.05, 3.63) is 64.6 Å². The number of nitrogens with two attached hydrogens (primary N) is 1. The van der Waals surface area contributed by atoms with Crippen LogP contribution in [0.1, 0.15) is 30.1 Å². The van der Waals surface area contributed by atoms with Gasteiger partial charge in [0, 0.05) is 25.1 Å². The first-order valence-electron chi connectivity index (χ1n) is 8.72. The van der Waals surface area contributed by atoms with Crippen LogP contribution in [0.25, 0.3) is 0 Å². The lowest BCUT2D eigenvalue weighted by atomic mass is 9.95. The molecule has 134 valence electrons. The average molecular weight is 351 g/mol. The molecule has 3 aromatic rings. The summed E-state index contributed by atoms with van der Waals surface area (Å²) >= 11 is 0. The normalized spacial score (nSPS) is 15.3. The highest BCUT2D eigenvalue weighted by Gasteiger charge is 2.26. The maximum absolute atomic E-state index is 12.2. The summed E-state index contributed by atoms with van der Waals surface area (Å²) in [5.74, 6) is 2.40. The van der Waals surface area contributed by atoms with Crippen molar-refractivity contribution in [2.75, 3.05) is 23.7 Å². The van der Waals surface area contributed by atoms with Gasteiger partial charge in [-0.25, -0.2) is 19.9 Å². The maximum Gasteiger partial charge on any atom is 0.343 e. The molecule has 1 aliphatic heterocycles. The second kappa shape index (κ2) is 6.99. The van der Waals surface area contributed by atoms with Gasteiger partial charge in [-0.15, -0.1) is 0 Å². The number of nitrogen functional groups attached to an aromatic ring is 1. The number of aromatic nitrogens is 5. The monoisotopic (exact) mass is 351 g/mol. The molecule has 3 N–H and O–H groups in total. The zero-order valence-electron chi connectivity index (χ0n) is 14.4. The van der Waals surface area contributed by atoms with Crippen LogP contribution < -0.4 is 16.3 Å². The van der Waals surface area contributed by atoms with Gasteiger partial charge in [0.15, 0.2) is 0 Å². The van der Waals surface area contributed by atoms with E-state index in [4.69, 9.17) is 5.73 Å². The fourth-order valence-electron chi connectivity index (χ4n) is 3.46. The largest absolute Gasteiger partial charge is 0.384 e. The minimum atomic E-state index is -0.158. The van der Waals surface area contributed by atoms with Gasteiger partial charge in [-0.2, -0.15) is 5.10 Å². The summed E-state index contributed by atoms with van der Waals surface area (Å²) in [7, 11) is 0. The van der Waals surface area contributed by atoms with E-state index >= 15 is 0 Å². The van der Waals surface area contributed by atoms with Crippen LogP contribution >= 0.6 is 0 Å². The van der Waals surface area contributed by atoms with Gasteiger partial charge in [0.25, 0.3) is 0 Å². The van der Waals surface area contributed by atoms with E-state index in [1.165, 1.54) is 6.33 Å². The molecule has 3 heterocycles. The van der Waals surface area contributed by atoms with E-state index in [-0.39, 0.29) is 11.6 Å². The van der Waals surface area contributed by atoms with E-state index in [0.717, 1.165) is 43.1 Å². The third-order valence-corrected chi connectivity index (χ3v) is 4.83. The minimum Gasteiger partial charge on any atom is -0.384 e. The van der Waals surface area contributed by atoms with Gasteiger partial charge < -0.3 is 10.6 Å². The average Bonchev–Trinajstić information content (AvgIpc) is 3.03. The first-order valence-corrected chi connectivity index (χ1v) is 8.72. The van der Waals surface area contributed by atoms with E-state index < -0.39 is 0 Å². The number of H-pyrrole nitrogens is 1. The molecule has 0 spiro atoms. The zero-order chi connectivity index (χ0) is 17.9. The molecule has 26 heavy (non-hydrogen) atoms. The van der Waals surface area contributed by atoms with Crippen LogP contribution in [-0.4, -0.2) is 37.8 Å². The summed E-state index contributed by atoms with van der Waals surface area (Å²) in [5.41, 5.74) is 6.68. The molecule has 0 bridgehead atoms. The summed E-state index contributed by atoms with van der Waals surface area (Å²) in [6.45, 7) is 2.22. The first-order chi connectivity index (χ1) is 12.7. The van der Waals surface area contributed by atoms with E-state index in [9.17, 15) is 4.79 Å². The molecule has 1 aliphatic rings. The number of nitrogens with one attached hydrogen (secondary N) is 1. The van der Waals surface area contributed by atoms with Crippen molar-refractivity contribution < 1.29 is 0 Å². The van der Waals surface area contributed by atoms with Crippen molar-refractivity contribution in [3.8, 4) is 0 Å². The van der Waals surface area contributed by atoms with Gasteiger partial charge in [-0.1, -0.05) is 30.3 Å². The van der Waals surface area contributed by atoms with Crippen molar-refractivity contribution in [1.82, 2.24) is 24.7 Å². The van der Waals surface area contributed by atoms with E-state index in [0.29, 0.717) is 12.4 Å². The predicted octanol–water partition coefficient (Wildman–Crippen LogP) is 1.38. The fraction of sp³-hybridized carbons (Fsp3) is 0.333. The van der Waals surface area contributed by atoms with Gasteiger partial charge >= 0.3 is 5.69 Å². The van der Waals surface area contributed by atoms with E-state index in [2.05, 4.69) is 25.1 Å². The Morgan fingerprint density at radius 1 is 1.15 bits per heavy atom. The summed E-state index contributed by atoms with van der Waals surface area (Å²) in [4.78, 5) is 22.6. The van der Waals surface area contributed by atoms with Gasteiger partial charge in [0.05, 0.1) is 6.54 Å². The highest BCUT2D eigenvalue weighted by molar-refractivity contribution is 5.46.